The van der Waals surface area contributed by atoms with Crippen LogP contribution in [0.5, 0.6) is 5.75 Å². The number of hydrogen-bond donors (Lipinski definition) is 1. The summed E-state index contributed by atoms with van der Waals surface area (Å²) >= 11 is 18.9. The second-order valence-electron chi connectivity index (χ2n) is 11.0. The average molecular weight is 731 g/mol. The molecule has 0 aliphatic rings. The van der Waals surface area contributed by atoms with Gasteiger partial charge in [-0.15, -0.1) is 0 Å². The van der Waals surface area contributed by atoms with Crippen molar-refractivity contribution in [2.45, 2.75) is 50.6 Å². The monoisotopic (exact) mass is 729 g/mol. The van der Waals surface area contributed by atoms with Crippen molar-refractivity contribution in [3.8, 4) is 5.75 Å². The first-order valence-corrected chi connectivity index (χ1v) is 18.2. The highest BCUT2D eigenvalue weighted by molar-refractivity contribution is 7.92. The van der Waals surface area contributed by atoms with E-state index in [4.69, 9.17) is 39.5 Å². The second kappa shape index (κ2) is 17.6. The van der Waals surface area contributed by atoms with Crippen LogP contribution in [0.15, 0.2) is 102 Å². The van der Waals surface area contributed by atoms with Crippen LogP contribution >= 0.6 is 34.8 Å². The minimum absolute atomic E-state index is 0.0727. The summed E-state index contributed by atoms with van der Waals surface area (Å²) in [6.45, 7) is 3.75. The second-order valence-corrected chi connectivity index (χ2v) is 14.1. The normalized spacial score (nSPS) is 11.9. The number of carbonyl (C=O) groups excluding carboxylic acids is 2. The molecule has 0 aromatic heterocycles. The molecule has 1 N–H and O–H groups in total. The predicted octanol–water partition coefficient (Wildman–Crippen LogP) is 7.80. The first-order valence-electron chi connectivity index (χ1n) is 15.6. The van der Waals surface area contributed by atoms with Gasteiger partial charge in [-0.3, -0.25) is 13.9 Å². The maximum Gasteiger partial charge on any atom is 0.264 e. The summed E-state index contributed by atoms with van der Waals surface area (Å²) in [5.74, 6) is -0.722. The van der Waals surface area contributed by atoms with Gasteiger partial charge in [0.25, 0.3) is 10.0 Å². The molecule has 48 heavy (non-hydrogen) atoms. The summed E-state index contributed by atoms with van der Waals surface area (Å²) in [5, 5.41) is 4.04. The summed E-state index contributed by atoms with van der Waals surface area (Å²) in [6, 6.07) is 25.5. The van der Waals surface area contributed by atoms with E-state index in [1.165, 1.54) is 29.2 Å². The van der Waals surface area contributed by atoms with Crippen molar-refractivity contribution in [1.82, 2.24) is 10.2 Å². The fourth-order valence-electron chi connectivity index (χ4n) is 5.08. The van der Waals surface area contributed by atoms with E-state index in [0.29, 0.717) is 27.2 Å². The molecule has 1 atom stereocenters. The molecule has 254 valence electrons. The van der Waals surface area contributed by atoms with Crippen LogP contribution in [0.1, 0.15) is 37.8 Å². The third-order valence-corrected chi connectivity index (χ3v) is 10.2. The Balaban J connectivity index is 1.84. The molecule has 2 amide bonds. The molecule has 0 bridgehead atoms. The van der Waals surface area contributed by atoms with Crippen LogP contribution in [-0.2, 0) is 32.6 Å². The zero-order valence-electron chi connectivity index (χ0n) is 26.7. The lowest BCUT2D eigenvalue weighted by Gasteiger charge is -2.34. The Labute approximate surface area is 297 Å². The highest BCUT2D eigenvalue weighted by Crippen LogP contribution is 2.33. The van der Waals surface area contributed by atoms with Gasteiger partial charge in [0.1, 0.15) is 18.3 Å². The molecule has 8 nitrogen and oxygen atoms in total. The molecular formula is C36H38Cl3N3O5S. The van der Waals surface area contributed by atoms with E-state index in [-0.39, 0.29) is 41.8 Å². The number of ether oxygens (including phenoxy) is 1. The van der Waals surface area contributed by atoms with E-state index in [1.807, 2.05) is 37.3 Å². The molecular weight excluding hydrogens is 693 g/mol. The summed E-state index contributed by atoms with van der Waals surface area (Å²) in [6.07, 6.45) is 1.79. The molecule has 4 aromatic carbocycles. The standard InChI is InChI=1S/C36H38Cl3N3O5S/c1-3-5-21-40-36(44)33(22-26-11-7-6-8-12-26)41(24-27-15-16-29(38)23-31(27)39)35(43)25-42(32-13-9-10-14-34(32)47-4-2)48(45,46)30-19-17-28(37)18-20-30/h6-20,23,33H,3-5,21-22,24-25H2,1-2H3,(H,40,44)/t33-/m0/s1. The van der Waals surface area contributed by atoms with Crippen molar-refractivity contribution in [3.05, 3.63) is 123 Å². The van der Waals surface area contributed by atoms with Crippen LogP contribution in [0.4, 0.5) is 5.69 Å². The lowest BCUT2D eigenvalue weighted by Crippen LogP contribution is -2.53. The first-order chi connectivity index (χ1) is 23.0. The van der Waals surface area contributed by atoms with Crippen molar-refractivity contribution in [1.29, 1.82) is 0 Å². The number of rotatable bonds is 16. The number of unbranched alkanes of at least 4 members (excludes halogenated alkanes) is 1. The van der Waals surface area contributed by atoms with Crippen LogP contribution in [0, 0.1) is 0 Å². The van der Waals surface area contributed by atoms with Gasteiger partial charge >= 0.3 is 0 Å². The number of halogens is 3. The van der Waals surface area contributed by atoms with E-state index in [1.54, 1.807) is 49.4 Å². The Morgan fingerprint density at radius 3 is 2.19 bits per heavy atom. The lowest BCUT2D eigenvalue weighted by molar-refractivity contribution is -0.140. The molecule has 0 unspecified atom stereocenters. The van der Waals surface area contributed by atoms with Gasteiger partial charge in [0.05, 0.1) is 17.2 Å². The highest BCUT2D eigenvalue weighted by Gasteiger charge is 2.35. The molecule has 4 aromatic rings. The van der Waals surface area contributed by atoms with Gasteiger partial charge in [-0.05, 0) is 73.0 Å². The minimum atomic E-state index is -4.35. The predicted molar refractivity (Wildman–Crippen MR) is 192 cm³/mol. The van der Waals surface area contributed by atoms with Crippen molar-refractivity contribution >= 4 is 62.3 Å². The van der Waals surface area contributed by atoms with E-state index in [9.17, 15) is 18.0 Å². The van der Waals surface area contributed by atoms with Crippen LogP contribution < -0.4 is 14.4 Å². The third kappa shape index (κ3) is 9.66. The molecule has 4 rings (SSSR count). The Bertz CT molecular complexity index is 1790. The number of hydrogen-bond acceptors (Lipinski definition) is 5. The molecule has 0 spiro atoms. The van der Waals surface area contributed by atoms with Gasteiger partial charge in [-0.25, -0.2) is 8.42 Å². The number of anilines is 1. The lowest BCUT2D eigenvalue weighted by atomic mass is 10.0. The smallest absolute Gasteiger partial charge is 0.264 e. The number of carbonyl (C=O) groups is 2. The maximum atomic E-state index is 14.7. The zero-order chi connectivity index (χ0) is 34.7. The molecule has 0 saturated heterocycles. The van der Waals surface area contributed by atoms with Crippen molar-refractivity contribution in [2.24, 2.45) is 0 Å². The van der Waals surface area contributed by atoms with E-state index in [2.05, 4.69) is 5.32 Å². The Hall–Kier alpha value is -3.76. The number of benzene rings is 4. The van der Waals surface area contributed by atoms with Gasteiger partial charge in [-0.2, -0.15) is 0 Å². The number of nitrogens with one attached hydrogen (secondary N) is 1. The number of para-hydroxylation sites is 2. The maximum absolute atomic E-state index is 14.7. The molecule has 12 heteroatoms. The summed E-state index contributed by atoms with van der Waals surface area (Å²) in [7, 11) is -4.35. The van der Waals surface area contributed by atoms with Gasteiger partial charge in [0.2, 0.25) is 11.8 Å². The largest absolute Gasteiger partial charge is 0.492 e. The van der Waals surface area contributed by atoms with E-state index < -0.39 is 28.5 Å². The molecule has 0 aliphatic carbocycles. The molecule has 0 heterocycles. The van der Waals surface area contributed by atoms with Crippen LogP contribution in [-0.4, -0.2) is 50.9 Å². The Kier molecular flexibility index (Phi) is 13.6. The third-order valence-electron chi connectivity index (χ3n) is 7.57. The number of amides is 2. The summed E-state index contributed by atoms with van der Waals surface area (Å²) < 4.78 is 35.5. The van der Waals surface area contributed by atoms with Crippen LogP contribution in [0.25, 0.3) is 0 Å². The van der Waals surface area contributed by atoms with E-state index in [0.717, 1.165) is 22.7 Å². The molecule has 0 saturated carbocycles. The molecule has 0 radical (unpaired) electrons. The minimum Gasteiger partial charge on any atom is -0.492 e. The van der Waals surface area contributed by atoms with E-state index >= 15 is 0 Å². The average Bonchev–Trinajstić information content (AvgIpc) is 3.07. The summed E-state index contributed by atoms with van der Waals surface area (Å²) in [4.78, 5) is 29.9. The summed E-state index contributed by atoms with van der Waals surface area (Å²) in [5.41, 5.74) is 1.52. The van der Waals surface area contributed by atoms with Crippen LogP contribution in [0.3, 0.4) is 0 Å². The Morgan fingerprint density at radius 2 is 1.52 bits per heavy atom. The van der Waals surface area contributed by atoms with Gasteiger partial charge in [0, 0.05) is 34.6 Å². The van der Waals surface area contributed by atoms with Crippen molar-refractivity contribution in [3.63, 3.8) is 0 Å². The first kappa shape index (κ1) is 37.1. The SMILES string of the molecule is CCCCNC(=O)[C@H](Cc1ccccc1)N(Cc1ccc(Cl)cc1Cl)C(=O)CN(c1ccccc1OCC)S(=O)(=O)c1ccc(Cl)cc1. The fourth-order valence-corrected chi connectivity index (χ4v) is 7.10. The number of sulfonamides is 1. The topological polar surface area (TPSA) is 96.0 Å². The molecule has 0 aliphatic heterocycles. The van der Waals surface area contributed by atoms with Gasteiger partial charge < -0.3 is 15.0 Å². The number of nitrogens with zero attached hydrogens (tertiary/aromatic N) is 2. The highest BCUT2D eigenvalue weighted by atomic mass is 35.5. The van der Waals surface area contributed by atoms with Gasteiger partial charge in [-0.1, -0.05) is 96.7 Å². The zero-order valence-corrected chi connectivity index (χ0v) is 29.8. The van der Waals surface area contributed by atoms with Gasteiger partial charge in [0.15, 0.2) is 0 Å². The van der Waals surface area contributed by atoms with Crippen molar-refractivity contribution in [2.75, 3.05) is 24.0 Å². The quantitative estimate of drug-likeness (QED) is 0.119. The van der Waals surface area contributed by atoms with Crippen LogP contribution in [0.2, 0.25) is 15.1 Å². The van der Waals surface area contributed by atoms with Crippen molar-refractivity contribution < 1.29 is 22.7 Å². The fraction of sp³-hybridized carbons (Fsp3) is 0.278. The molecule has 0 fully saturated rings. The Morgan fingerprint density at radius 1 is 0.854 bits per heavy atom.